The molecule has 0 spiro atoms. The van der Waals surface area contributed by atoms with Gasteiger partial charge in [0.05, 0.1) is 5.69 Å². The van der Waals surface area contributed by atoms with Crippen LogP contribution in [0.3, 0.4) is 0 Å². The maximum Gasteiger partial charge on any atom is 0.252 e. The highest BCUT2D eigenvalue weighted by Crippen LogP contribution is 2.52. The number of hydrogen-bond donors (Lipinski definition) is 0. The zero-order chi connectivity index (χ0) is 51.6. The molecule has 8 aromatic rings. The fraction of sp³-hybridized carbons (Fsp3) is 0.284. The third-order valence-corrected chi connectivity index (χ3v) is 16.8. The fourth-order valence-electron chi connectivity index (χ4n) is 12.1. The van der Waals surface area contributed by atoms with Crippen molar-refractivity contribution in [2.75, 3.05) is 9.80 Å². The van der Waals surface area contributed by atoms with Crippen molar-refractivity contribution in [3.63, 3.8) is 0 Å². The lowest BCUT2D eigenvalue weighted by atomic mass is 9.33. The molecule has 3 heteroatoms. The summed E-state index contributed by atoms with van der Waals surface area (Å²) in [5, 5.41) is 0. The van der Waals surface area contributed by atoms with E-state index in [1.165, 1.54) is 49.9 Å². The Bertz CT molecular complexity index is 3440. The van der Waals surface area contributed by atoms with E-state index in [0.29, 0.717) is 5.56 Å². The number of benzene rings is 8. The molecule has 0 bridgehead atoms. The zero-order valence-corrected chi connectivity index (χ0v) is 43.1. The number of hydrogen-bond acceptors (Lipinski definition) is 2. The van der Waals surface area contributed by atoms with Crippen molar-refractivity contribution < 1.29 is 4.11 Å². The van der Waals surface area contributed by atoms with Crippen LogP contribution in [0, 0.1) is 6.85 Å². The Morgan fingerprint density at radius 3 is 1.57 bits per heavy atom. The van der Waals surface area contributed by atoms with E-state index in [4.69, 9.17) is 0 Å². The second-order valence-electron chi connectivity index (χ2n) is 23.9. The Morgan fingerprint density at radius 2 is 0.971 bits per heavy atom. The van der Waals surface area contributed by atoms with Crippen molar-refractivity contribution in [2.45, 2.75) is 123 Å². The van der Waals surface area contributed by atoms with Crippen molar-refractivity contribution in [1.82, 2.24) is 0 Å². The molecule has 0 radical (unpaired) electrons. The van der Waals surface area contributed by atoms with E-state index < -0.39 is 6.85 Å². The summed E-state index contributed by atoms with van der Waals surface area (Å²) < 4.78 is 27.8. The molecule has 0 atom stereocenters. The number of fused-ring (bicyclic) bond motifs is 5. The summed E-state index contributed by atoms with van der Waals surface area (Å²) in [5.74, 6) is 0. The standard InChI is InChI=1S/C67H69BN2/c1-44-37-60-62-61(38-44)70(57-34-32-48(63(2,3)4)40-52(57)45-23-16-13-17-24-45)59-43-54-53(64(5,6)35-36-65(54,7)8)42-56(59)68(62)55-33-31-50(67(11,12)47-27-20-15-21-28-47)41-58(55)69(60)51-30-22-29-49(39-51)66(9,10)46-25-18-14-19-26-46/h13-34,37-43H,35-36H2,1-12H3/i1D3. The average molecular weight is 916 g/mol. The van der Waals surface area contributed by atoms with Gasteiger partial charge in [0, 0.05) is 48.9 Å². The summed E-state index contributed by atoms with van der Waals surface area (Å²) in [4.78, 5) is 4.86. The highest BCUT2D eigenvalue weighted by atomic mass is 15.2. The molecule has 2 aliphatic heterocycles. The molecule has 1 aliphatic carbocycles. The van der Waals surface area contributed by atoms with Crippen LogP contribution in [0.2, 0.25) is 0 Å². The minimum absolute atomic E-state index is 0.0540. The summed E-state index contributed by atoms with van der Waals surface area (Å²) in [6.45, 7) is 23.1. The van der Waals surface area contributed by atoms with E-state index in [2.05, 4.69) is 250 Å². The summed E-state index contributed by atoms with van der Waals surface area (Å²) in [6.07, 6.45) is 2.17. The summed E-state index contributed by atoms with van der Waals surface area (Å²) in [6, 6.07) is 64.5. The Balaban J connectivity index is 1.28. The normalized spacial score (nSPS) is 16.6. The SMILES string of the molecule is [2H]C([2H])([2H])c1cc2c3c(c1)N(c1ccc(C(C)(C)C)cc1-c1ccccc1)c1cc4c(cc1B3c1ccc(C(C)(C)c3ccccc3)cc1N2c1cccc(C(C)(C)c2ccccc2)c1)C(C)(C)CCC4(C)C. The first-order chi connectivity index (χ1) is 34.5. The predicted octanol–water partition coefficient (Wildman–Crippen LogP) is 16.0. The van der Waals surface area contributed by atoms with Crippen LogP contribution in [0.15, 0.2) is 176 Å². The molecule has 0 saturated heterocycles. The van der Waals surface area contributed by atoms with E-state index in [9.17, 15) is 4.11 Å². The molecule has 0 amide bonds. The Morgan fingerprint density at radius 1 is 0.443 bits per heavy atom. The highest BCUT2D eigenvalue weighted by molar-refractivity contribution is 7.00. The van der Waals surface area contributed by atoms with Crippen LogP contribution >= 0.6 is 0 Å². The smallest absolute Gasteiger partial charge is 0.252 e. The Labute approximate surface area is 423 Å². The van der Waals surface area contributed by atoms with Crippen LogP contribution in [-0.2, 0) is 27.1 Å². The second kappa shape index (κ2) is 16.2. The first-order valence-electron chi connectivity index (χ1n) is 27.0. The molecule has 2 heterocycles. The highest BCUT2D eigenvalue weighted by Gasteiger charge is 2.47. The lowest BCUT2D eigenvalue weighted by Gasteiger charge is -2.48. The number of rotatable bonds is 7. The first kappa shape index (κ1) is 42.3. The van der Waals surface area contributed by atoms with Crippen LogP contribution in [0.1, 0.15) is 138 Å². The minimum Gasteiger partial charge on any atom is -0.311 e. The van der Waals surface area contributed by atoms with Gasteiger partial charge >= 0.3 is 0 Å². The van der Waals surface area contributed by atoms with E-state index >= 15 is 0 Å². The molecular weight excluding hydrogens is 844 g/mol. The minimum atomic E-state index is -2.41. The molecule has 0 aromatic heterocycles. The Kier molecular flexibility index (Phi) is 9.82. The van der Waals surface area contributed by atoms with Gasteiger partial charge in [-0.3, -0.25) is 0 Å². The molecule has 11 rings (SSSR count). The molecule has 0 unspecified atom stereocenters. The van der Waals surface area contributed by atoms with E-state index in [-0.39, 0.29) is 33.8 Å². The maximum absolute atomic E-state index is 9.27. The van der Waals surface area contributed by atoms with Gasteiger partial charge in [-0.1, -0.05) is 204 Å². The van der Waals surface area contributed by atoms with Crippen LogP contribution in [0.5, 0.6) is 0 Å². The van der Waals surface area contributed by atoms with Crippen LogP contribution < -0.4 is 26.2 Å². The van der Waals surface area contributed by atoms with Crippen LogP contribution in [-0.4, -0.2) is 6.71 Å². The van der Waals surface area contributed by atoms with Crippen LogP contribution in [0.4, 0.5) is 34.1 Å². The summed E-state index contributed by atoms with van der Waals surface area (Å²) >= 11 is 0. The van der Waals surface area contributed by atoms with Gasteiger partial charge in [-0.25, -0.2) is 0 Å². The number of aryl methyl sites for hydroxylation is 1. The number of anilines is 6. The van der Waals surface area contributed by atoms with Gasteiger partial charge in [0.2, 0.25) is 0 Å². The van der Waals surface area contributed by atoms with Crippen molar-refractivity contribution in [3.8, 4) is 11.1 Å². The predicted molar refractivity (Wildman–Crippen MR) is 302 cm³/mol. The second-order valence-corrected chi connectivity index (χ2v) is 23.9. The lowest BCUT2D eigenvalue weighted by Crippen LogP contribution is -2.62. The van der Waals surface area contributed by atoms with Crippen molar-refractivity contribution >= 4 is 57.2 Å². The number of nitrogens with zero attached hydrogens (tertiary/aromatic N) is 2. The first-order valence-corrected chi connectivity index (χ1v) is 25.5. The van der Waals surface area contributed by atoms with Crippen molar-refractivity contribution in [1.29, 1.82) is 0 Å². The van der Waals surface area contributed by atoms with E-state index in [1.54, 1.807) is 0 Å². The van der Waals surface area contributed by atoms with Gasteiger partial charge in [0.25, 0.3) is 6.71 Å². The van der Waals surface area contributed by atoms with E-state index in [1.807, 2.05) is 12.1 Å². The van der Waals surface area contributed by atoms with Gasteiger partial charge < -0.3 is 9.80 Å². The molecule has 70 heavy (non-hydrogen) atoms. The largest absolute Gasteiger partial charge is 0.311 e. The summed E-state index contributed by atoms with van der Waals surface area (Å²) in [7, 11) is 0. The molecular formula is C67H69BN2. The molecule has 0 saturated carbocycles. The quantitative estimate of drug-likeness (QED) is 0.147. The Hall–Kier alpha value is -6.58. The molecule has 350 valence electrons. The lowest BCUT2D eigenvalue weighted by molar-refractivity contribution is 0.332. The molecule has 3 aliphatic rings. The topological polar surface area (TPSA) is 6.48 Å². The van der Waals surface area contributed by atoms with Gasteiger partial charge in [-0.2, -0.15) is 0 Å². The third-order valence-electron chi connectivity index (χ3n) is 16.8. The molecule has 0 N–H and O–H groups in total. The van der Waals surface area contributed by atoms with Gasteiger partial charge in [-0.15, -0.1) is 0 Å². The average Bonchev–Trinajstić information content (AvgIpc) is 3.37. The van der Waals surface area contributed by atoms with E-state index in [0.717, 1.165) is 63.6 Å². The van der Waals surface area contributed by atoms with Crippen molar-refractivity contribution in [3.05, 3.63) is 220 Å². The third kappa shape index (κ3) is 7.37. The van der Waals surface area contributed by atoms with Crippen LogP contribution in [0.25, 0.3) is 11.1 Å². The van der Waals surface area contributed by atoms with Gasteiger partial charge in [0.15, 0.2) is 0 Å². The molecule has 2 nitrogen and oxygen atoms in total. The van der Waals surface area contributed by atoms with Crippen molar-refractivity contribution in [2.24, 2.45) is 0 Å². The monoisotopic (exact) mass is 916 g/mol. The molecule has 8 aromatic carbocycles. The maximum atomic E-state index is 9.27. The summed E-state index contributed by atoms with van der Waals surface area (Å²) in [5.41, 5.74) is 20.0. The van der Waals surface area contributed by atoms with Gasteiger partial charge in [-0.05, 0) is 151 Å². The zero-order valence-electron chi connectivity index (χ0n) is 46.1. The fourth-order valence-corrected chi connectivity index (χ4v) is 12.1. The van der Waals surface area contributed by atoms with Gasteiger partial charge in [0.1, 0.15) is 0 Å². The molecule has 0 fully saturated rings.